The zero-order chi connectivity index (χ0) is 15.1. The van der Waals surface area contributed by atoms with Gasteiger partial charge in [-0.05, 0) is 49.3 Å². The van der Waals surface area contributed by atoms with E-state index >= 15 is 0 Å². The SMILES string of the molecule is O=C(Cc1ccc(F)cc1)N1CC2CCC1C2OCC1CC1. The molecule has 1 amide bonds. The highest BCUT2D eigenvalue weighted by molar-refractivity contribution is 5.79. The minimum Gasteiger partial charge on any atom is -0.375 e. The van der Waals surface area contributed by atoms with Crippen LogP contribution in [0.15, 0.2) is 24.3 Å². The number of fused-ring (bicyclic) bond motifs is 2. The summed E-state index contributed by atoms with van der Waals surface area (Å²) in [5.41, 5.74) is 0.879. The van der Waals surface area contributed by atoms with E-state index in [-0.39, 0.29) is 23.9 Å². The average molecular weight is 303 g/mol. The third-order valence-electron chi connectivity index (χ3n) is 5.32. The average Bonchev–Trinajstić information content (AvgIpc) is 3.20. The molecule has 22 heavy (non-hydrogen) atoms. The van der Waals surface area contributed by atoms with Crippen LogP contribution in [0.1, 0.15) is 31.2 Å². The van der Waals surface area contributed by atoms with Crippen LogP contribution in [0.2, 0.25) is 0 Å². The predicted molar refractivity (Wildman–Crippen MR) is 80.8 cm³/mol. The minimum absolute atomic E-state index is 0.152. The van der Waals surface area contributed by atoms with Crippen LogP contribution >= 0.6 is 0 Å². The Morgan fingerprint density at radius 3 is 2.68 bits per heavy atom. The predicted octanol–water partition coefficient (Wildman–Crippen LogP) is 2.78. The van der Waals surface area contributed by atoms with Gasteiger partial charge in [-0.1, -0.05) is 12.1 Å². The molecule has 4 heteroatoms. The largest absolute Gasteiger partial charge is 0.375 e. The van der Waals surface area contributed by atoms with Crippen molar-refractivity contribution in [1.82, 2.24) is 4.90 Å². The van der Waals surface area contributed by atoms with Crippen molar-refractivity contribution in [2.75, 3.05) is 13.2 Å². The molecule has 3 unspecified atom stereocenters. The van der Waals surface area contributed by atoms with Gasteiger partial charge in [0.05, 0.1) is 18.6 Å². The molecule has 1 aliphatic heterocycles. The van der Waals surface area contributed by atoms with E-state index in [1.54, 1.807) is 12.1 Å². The van der Waals surface area contributed by atoms with Crippen LogP contribution in [0.5, 0.6) is 0 Å². The second kappa shape index (κ2) is 5.65. The minimum atomic E-state index is -0.259. The number of hydrogen-bond donors (Lipinski definition) is 0. The van der Waals surface area contributed by atoms with Crippen LogP contribution in [0.3, 0.4) is 0 Å². The molecule has 118 valence electrons. The van der Waals surface area contributed by atoms with Gasteiger partial charge >= 0.3 is 0 Å². The second-order valence-electron chi connectivity index (χ2n) is 7.00. The summed E-state index contributed by atoms with van der Waals surface area (Å²) >= 11 is 0. The number of piperidine rings is 1. The molecule has 3 atom stereocenters. The van der Waals surface area contributed by atoms with E-state index in [1.807, 2.05) is 4.90 Å². The number of likely N-dealkylation sites (tertiary alicyclic amines) is 1. The molecule has 0 spiro atoms. The molecular weight excluding hydrogens is 281 g/mol. The Balaban J connectivity index is 1.38. The van der Waals surface area contributed by atoms with Crippen LogP contribution in [0.4, 0.5) is 4.39 Å². The van der Waals surface area contributed by atoms with Gasteiger partial charge in [0.15, 0.2) is 0 Å². The molecule has 2 saturated carbocycles. The number of nitrogens with zero attached hydrogens (tertiary/aromatic N) is 1. The molecular formula is C18H22FNO2. The lowest BCUT2D eigenvalue weighted by molar-refractivity contribution is -0.132. The third-order valence-corrected chi connectivity index (χ3v) is 5.32. The monoisotopic (exact) mass is 303 g/mol. The fourth-order valence-corrected chi connectivity index (χ4v) is 3.89. The van der Waals surface area contributed by atoms with Crippen LogP contribution in [0, 0.1) is 17.7 Å². The molecule has 1 heterocycles. The number of halogens is 1. The molecule has 2 aliphatic carbocycles. The van der Waals surface area contributed by atoms with Gasteiger partial charge in [-0.25, -0.2) is 4.39 Å². The lowest BCUT2D eigenvalue weighted by Crippen LogP contribution is -2.40. The maximum absolute atomic E-state index is 12.9. The van der Waals surface area contributed by atoms with E-state index < -0.39 is 0 Å². The molecule has 3 aliphatic rings. The van der Waals surface area contributed by atoms with Crippen molar-refractivity contribution in [2.45, 2.75) is 44.2 Å². The zero-order valence-electron chi connectivity index (χ0n) is 12.7. The number of hydrogen-bond acceptors (Lipinski definition) is 2. The smallest absolute Gasteiger partial charge is 0.227 e. The highest BCUT2D eigenvalue weighted by Gasteiger charge is 2.49. The molecule has 3 nitrogen and oxygen atoms in total. The van der Waals surface area contributed by atoms with Gasteiger partial charge in [0.2, 0.25) is 5.91 Å². The quantitative estimate of drug-likeness (QED) is 0.837. The van der Waals surface area contributed by atoms with E-state index in [1.165, 1.54) is 31.4 Å². The molecule has 0 N–H and O–H groups in total. The van der Waals surface area contributed by atoms with Crippen LogP contribution in [-0.4, -0.2) is 36.1 Å². The third kappa shape index (κ3) is 2.76. The fourth-order valence-electron chi connectivity index (χ4n) is 3.89. The van der Waals surface area contributed by atoms with Crippen LogP contribution in [0.25, 0.3) is 0 Å². The Morgan fingerprint density at radius 2 is 1.95 bits per heavy atom. The first-order valence-corrected chi connectivity index (χ1v) is 8.36. The molecule has 4 rings (SSSR count). The molecule has 3 fully saturated rings. The lowest BCUT2D eigenvalue weighted by Gasteiger charge is -2.27. The van der Waals surface area contributed by atoms with Crippen molar-refractivity contribution in [3.05, 3.63) is 35.6 Å². The second-order valence-corrected chi connectivity index (χ2v) is 7.00. The van der Waals surface area contributed by atoms with Gasteiger partial charge in [-0.3, -0.25) is 4.79 Å². The number of ether oxygens (including phenoxy) is 1. The fraction of sp³-hybridized carbons (Fsp3) is 0.611. The Morgan fingerprint density at radius 1 is 1.18 bits per heavy atom. The van der Waals surface area contributed by atoms with Gasteiger partial charge in [0.1, 0.15) is 5.82 Å². The molecule has 1 saturated heterocycles. The summed E-state index contributed by atoms with van der Waals surface area (Å²) in [6.07, 6.45) is 5.46. The van der Waals surface area contributed by atoms with Crippen LogP contribution in [-0.2, 0) is 16.0 Å². The number of amides is 1. The highest BCUT2D eigenvalue weighted by Crippen LogP contribution is 2.41. The van der Waals surface area contributed by atoms with E-state index in [0.29, 0.717) is 12.3 Å². The summed E-state index contributed by atoms with van der Waals surface area (Å²) in [5.74, 6) is 1.17. The summed E-state index contributed by atoms with van der Waals surface area (Å²) in [5, 5.41) is 0. The van der Waals surface area contributed by atoms with E-state index in [2.05, 4.69) is 0 Å². The highest BCUT2D eigenvalue weighted by atomic mass is 19.1. The van der Waals surface area contributed by atoms with E-state index in [9.17, 15) is 9.18 Å². The first kappa shape index (κ1) is 14.2. The van der Waals surface area contributed by atoms with Gasteiger partial charge in [-0.15, -0.1) is 0 Å². The number of benzene rings is 1. The van der Waals surface area contributed by atoms with E-state index in [0.717, 1.165) is 31.1 Å². The van der Waals surface area contributed by atoms with Crippen LogP contribution < -0.4 is 0 Å². The maximum atomic E-state index is 12.9. The summed E-state index contributed by atoms with van der Waals surface area (Å²) in [6.45, 7) is 1.71. The summed E-state index contributed by atoms with van der Waals surface area (Å²) in [4.78, 5) is 14.6. The Labute approximate surface area is 130 Å². The molecule has 1 aromatic carbocycles. The normalized spacial score (nSPS) is 30.0. The van der Waals surface area contributed by atoms with Crippen molar-refractivity contribution in [1.29, 1.82) is 0 Å². The summed E-state index contributed by atoms with van der Waals surface area (Å²) in [6, 6.07) is 6.49. The summed E-state index contributed by atoms with van der Waals surface area (Å²) in [7, 11) is 0. The Hall–Kier alpha value is -1.42. The standard InChI is InChI=1S/C18H22FNO2/c19-15-6-3-12(4-7-15)9-17(21)20-10-14-5-8-16(20)18(14)22-11-13-1-2-13/h3-4,6-7,13-14,16,18H,1-2,5,8-11H2. The number of carbonyl (C=O) groups is 1. The molecule has 2 bridgehead atoms. The van der Waals surface area contributed by atoms with Gasteiger partial charge in [0.25, 0.3) is 0 Å². The zero-order valence-corrected chi connectivity index (χ0v) is 12.7. The van der Waals surface area contributed by atoms with Crippen molar-refractivity contribution in [3.8, 4) is 0 Å². The molecule has 0 radical (unpaired) electrons. The topological polar surface area (TPSA) is 29.5 Å². The first-order chi connectivity index (χ1) is 10.7. The van der Waals surface area contributed by atoms with Crippen molar-refractivity contribution >= 4 is 5.91 Å². The van der Waals surface area contributed by atoms with E-state index in [4.69, 9.17) is 4.74 Å². The maximum Gasteiger partial charge on any atom is 0.227 e. The Kier molecular flexibility index (Phi) is 3.65. The van der Waals surface area contributed by atoms with Crippen molar-refractivity contribution < 1.29 is 13.9 Å². The summed E-state index contributed by atoms with van der Waals surface area (Å²) < 4.78 is 19.1. The number of carbonyl (C=O) groups excluding carboxylic acids is 1. The van der Waals surface area contributed by atoms with Gasteiger partial charge in [0, 0.05) is 19.1 Å². The first-order valence-electron chi connectivity index (χ1n) is 8.36. The van der Waals surface area contributed by atoms with Gasteiger partial charge in [-0.2, -0.15) is 0 Å². The Bertz CT molecular complexity index is 555. The molecule has 0 aromatic heterocycles. The lowest BCUT2D eigenvalue weighted by atomic mass is 10.1. The number of rotatable bonds is 5. The van der Waals surface area contributed by atoms with Crippen molar-refractivity contribution in [2.24, 2.45) is 11.8 Å². The molecule has 1 aromatic rings. The van der Waals surface area contributed by atoms with Crippen molar-refractivity contribution in [3.63, 3.8) is 0 Å². The van der Waals surface area contributed by atoms with Gasteiger partial charge < -0.3 is 9.64 Å².